The van der Waals surface area contributed by atoms with Gasteiger partial charge in [0.25, 0.3) is 0 Å². The van der Waals surface area contributed by atoms with Crippen LogP contribution in [0.25, 0.3) is 10.9 Å². The van der Waals surface area contributed by atoms with Gasteiger partial charge in [0, 0.05) is 29.5 Å². The number of esters is 1. The van der Waals surface area contributed by atoms with Crippen LogP contribution in [0.15, 0.2) is 49.4 Å². The van der Waals surface area contributed by atoms with Gasteiger partial charge in [0.15, 0.2) is 6.23 Å². The fourth-order valence-electron chi connectivity index (χ4n) is 5.15. The molecule has 1 spiro atoms. The van der Waals surface area contributed by atoms with E-state index in [0.717, 1.165) is 22.2 Å². The number of aromatic nitrogens is 1. The van der Waals surface area contributed by atoms with Crippen molar-refractivity contribution in [1.29, 1.82) is 0 Å². The van der Waals surface area contributed by atoms with Gasteiger partial charge in [-0.1, -0.05) is 12.7 Å². The molecule has 35 heavy (non-hydrogen) atoms. The lowest BCUT2D eigenvalue weighted by molar-refractivity contribution is -0.145. The maximum atomic E-state index is 12.9. The second-order valence-corrected chi connectivity index (χ2v) is 9.35. The number of nitrogens with zero attached hydrogens (tertiary/aromatic N) is 2. The predicted molar refractivity (Wildman–Crippen MR) is 128 cm³/mol. The first-order valence-corrected chi connectivity index (χ1v) is 11.6. The number of fused-ring (bicyclic) bond motifs is 1. The summed E-state index contributed by atoms with van der Waals surface area (Å²) < 4.78 is 22.8. The van der Waals surface area contributed by atoms with E-state index < -0.39 is 23.9 Å². The number of hydrogen-bond donors (Lipinski definition) is 1. The zero-order chi connectivity index (χ0) is 24.9. The van der Waals surface area contributed by atoms with E-state index in [2.05, 4.69) is 23.5 Å². The number of benzene rings is 1. The van der Waals surface area contributed by atoms with Crippen molar-refractivity contribution in [3.8, 4) is 11.5 Å². The standard InChI is InChI=1S/C26H29N3O6/c1-6-16-12-26(16)24(30)35-23(28-26)19-11-17(13-29(19)25(31)33-14(2)3)34-21-9-10-27-22-15(4)20(32-5)8-7-18(21)22/h6-10,16-17,19,23,28H,1-2,11-13H2,3-5H3/t16-,17-,19+,23?,26-/m1/s1. The van der Waals surface area contributed by atoms with Crippen molar-refractivity contribution in [3.63, 3.8) is 0 Å². The number of carbonyl (C=O) groups is 2. The van der Waals surface area contributed by atoms with Gasteiger partial charge in [0.2, 0.25) is 0 Å². The van der Waals surface area contributed by atoms with Crippen LogP contribution in [-0.4, -0.2) is 59.5 Å². The third-order valence-corrected chi connectivity index (χ3v) is 7.04. The summed E-state index contributed by atoms with van der Waals surface area (Å²) >= 11 is 0. The Balaban J connectivity index is 1.40. The van der Waals surface area contributed by atoms with Crippen LogP contribution >= 0.6 is 0 Å². The van der Waals surface area contributed by atoms with Crippen LogP contribution in [0.3, 0.4) is 0 Å². The maximum absolute atomic E-state index is 12.9. The zero-order valence-electron chi connectivity index (χ0n) is 20.1. The Bertz CT molecular complexity index is 1230. The number of cyclic esters (lactones) is 1. The maximum Gasteiger partial charge on any atom is 0.415 e. The number of hydrogen-bond acceptors (Lipinski definition) is 8. The minimum Gasteiger partial charge on any atom is -0.496 e. The first kappa shape index (κ1) is 23.2. The summed E-state index contributed by atoms with van der Waals surface area (Å²) in [6, 6.07) is 5.14. The van der Waals surface area contributed by atoms with Crippen LogP contribution in [0, 0.1) is 12.8 Å². The second-order valence-electron chi connectivity index (χ2n) is 9.35. The van der Waals surface area contributed by atoms with Crippen LogP contribution in [0.1, 0.15) is 25.3 Å². The Morgan fingerprint density at radius 1 is 1.34 bits per heavy atom. The molecule has 1 aromatic heterocycles. The highest BCUT2D eigenvalue weighted by molar-refractivity contribution is 5.89. The quantitative estimate of drug-likeness (QED) is 0.382. The first-order valence-electron chi connectivity index (χ1n) is 11.6. The number of rotatable bonds is 6. The lowest BCUT2D eigenvalue weighted by atomic mass is 10.1. The third kappa shape index (κ3) is 3.89. The average molecular weight is 480 g/mol. The Morgan fingerprint density at radius 2 is 2.14 bits per heavy atom. The van der Waals surface area contributed by atoms with Gasteiger partial charge in [-0.3, -0.25) is 15.2 Å². The second kappa shape index (κ2) is 8.57. The molecule has 1 N–H and O–H groups in total. The van der Waals surface area contributed by atoms with Crippen molar-refractivity contribution in [2.45, 2.75) is 50.6 Å². The van der Waals surface area contributed by atoms with E-state index in [1.54, 1.807) is 37.3 Å². The molecule has 9 heteroatoms. The van der Waals surface area contributed by atoms with Gasteiger partial charge < -0.3 is 18.9 Å². The monoisotopic (exact) mass is 479 g/mol. The molecule has 2 aliphatic heterocycles. The Labute approximate surface area is 203 Å². The van der Waals surface area contributed by atoms with Gasteiger partial charge in [-0.25, -0.2) is 9.59 Å². The van der Waals surface area contributed by atoms with Crippen molar-refractivity contribution >= 4 is 23.0 Å². The van der Waals surface area contributed by atoms with Gasteiger partial charge in [-0.05, 0) is 38.5 Å². The molecule has 1 amide bonds. The Hall–Kier alpha value is -3.59. The summed E-state index contributed by atoms with van der Waals surface area (Å²) in [6.45, 7) is 11.3. The fraction of sp³-hybridized carbons (Fsp3) is 0.423. The van der Waals surface area contributed by atoms with Crippen molar-refractivity contribution in [3.05, 3.63) is 55.0 Å². The highest BCUT2D eigenvalue weighted by Gasteiger charge is 2.66. The van der Waals surface area contributed by atoms with E-state index in [1.807, 2.05) is 19.1 Å². The molecule has 5 rings (SSSR count). The molecule has 1 saturated carbocycles. The molecule has 3 fully saturated rings. The summed E-state index contributed by atoms with van der Waals surface area (Å²) in [5.74, 6) is 1.39. The number of likely N-dealkylation sites (tertiary alicyclic amines) is 1. The van der Waals surface area contributed by atoms with E-state index >= 15 is 0 Å². The molecule has 184 valence electrons. The molecule has 3 aliphatic rings. The fourth-order valence-corrected chi connectivity index (χ4v) is 5.15. The normalized spacial score (nSPS) is 29.2. The number of pyridine rings is 1. The van der Waals surface area contributed by atoms with Gasteiger partial charge in [0.05, 0.1) is 31.0 Å². The smallest absolute Gasteiger partial charge is 0.415 e. The highest BCUT2D eigenvalue weighted by Crippen LogP contribution is 2.49. The summed E-state index contributed by atoms with van der Waals surface area (Å²) in [5, 5.41) is 4.16. The minimum atomic E-state index is -0.743. The van der Waals surface area contributed by atoms with Crippen LogP contribution < -0.4 is 14.8 Å². The summed E-state index contributed by atoms with van der Waals surface area (Å²) in [7, 11) is 1.62. The van der Waals surface area contributed by atoms with E-state index in [9.17, 15) is 9.59 Å². The van der Waals surface area contributed by atoms with Gasteiger partial charge in [-0.15, -0.1) is 6.58 Å². The summed E-state index contributed by atoms with van der Waals surface area (Å²) in [4.78, 5) is 31.6. The summed E-state index contributed by atoms with van der Waals surface area (Å²) in [6.07, 6.45) is 2.97. The van der Waals surface area contributed by atoms with Crippen molar-refractivity contribution < 1.29 is 28.5 Å². The predicted octanol–water partition coefficient (Wildman–Crippen LogP) is 3.46. The molecular weight excluding hydrogens is 450 g/mol. The topological polar surface area (TPSA) is 99.2 Å². The Kier molecular flexibility index (Phi) is 5.67. The third-order valence-electron chi connectivity index (χ3n) is 7.04. The number of aryl methyl sites for hydroxylation is 1. The number of amides is 1. The molecule has 2 aromatic rings. The molecule has 5 atom stereocenters. The SMILES string of the molecule is C=C[C@@H]1C[C@@]12NC([C@@H]1C[C@@H](Oc3ccnc4c(C)c(OC)ccc34)CN1C(=O)OC(=C)C)OC2=O. The number of methoxy groups -OCH3 is 1. The Morgan fingerprint density at radius 3 is 2.83 bits per heavy atom. The van der Waals surface area contributed by atoms with Gasteiger partial charge in [0.1, 0.15) is 23.1 Å². The van der Waals surface area contributed by atoms with Crippen molar-refractivity contribution in [2.24, 2.45) is 5.92 Å². The molecule has 1 unspecified atom stereocenters. The van der Waals surface area contributed by atoms with Crippen LogP contribution in [0.4, 0.5) is 4.79 Å². The minimum absolute atomic E-state index is 0.0210. The van der Waals surface area contributed by atoms with Crippen LogP contribution in [0.5, 0.6) is 11.5 Å². The molecule has 9 nitrogen and oxygen atoms in total. The lowest BCUT2D eigenvalue weighted by Gasteiger charge is -2.27. The number of allylic oxidation sites excluding steroid dienone is 1. The van der Waals surface area contributed by atoms with Crippen LogP contribution in [-0.2, 0) is 14.3 Å². The van der Waals surface area contributed by atoms with E-state index in [-0.39, 0.29) is 30.3 Å². The van der Waals surface area contributed by atoms with E-state index in [1.165, 1.54) is 0 Å². The highest BCUT2D eigenvalue weighted by atomic mass is 16.6. The van der Waals surface area contributed by atoms with Gasteiger partial charge in [-0.2, -0.15) is 0 Å². The van der Waals surface area contributed by atoms with Crippen molar-refractivity contribution in [1.82, 2.24) is 15.2 Å². The van der Waals surface area contributed by atoms with E-state index in [4.69, 9.17) is 18.9 Å². The largest absolute Gasteiger partial charge is 0.496 e. The van der Waals surface area contributed by atoms with Crippen LogP contribution in [0.2, 0.25) is 0 Å². The molecule has 1 aliphatic carbocycles. The first-order chi connectivity index (χ1) is 16.8. The van der Waals surface area contributed by atoms with Gasteiger partial charge >= 0.3 is 12.1 Å². The number of carbonyl (C=O) groups excluding carboxylic acids is 2. The number of nitrogens with one attached hydrogen (secondary N) is 1. The molecule has 2 saturated heterocycles. The molecule has 0 bridgehead atoms. The molecule has 0 radical (unpaired) electrons. The number of ether oxygens (including phenoxy) is 4. The molecular formula is C26H29N3O6. The average Bonchev–Trinajstić information content (AvgIpc) is 3.22. The van der Waals surface area contributed by atoms with Crippen molar-refractivity contribution in [2.75, 3.05) is 13.7 Å². The zero-order valence-corrected chi connectivity index (χ0v) is 20.1. The lowest BCUT2D eigenvalue weighted by Crippen LogP contribution is -2.49. The molecule has 3 heterocycles. The van der Waals surface area contributed by atoms with E-state index in [0.29, 0.717) is 18.6 Å². The molecule has 1 aromatic carbocycles. The summed E-state index contributed by atoms with van der Waals surface area (Å²) in [5.41, 5.74) is 0.958.